The predicted octanol–water partition coefficient (Wildman–Crippen LogP) is 0.631. The molecule has 7 nitrogen and oxygen atoms in total. The molecule has 2 fully saturated rings. The maximum absolute atomic E-state index is 12.7. The van der Waals surface area contributed by atoms with Gasteiger partial charge in [-0.05, 0) is 33.0 Å². The van der Waals surface area contributed by atoms with Crippen molar-refractivity contribution in [1.82, 2.24) is 14.2 Å². The van der Waals surface area contributed by atoms with Gasteiger partial charge < -0.3 is 14.5 Å². The first-order valence-electron chi connectivity index (χ1n) is 8.41. The van der Waals surface area contributed by atoms with E-state index in [-0.39, 0.29) is 17.1 Å². The molecule has 2 aliphatic heterocycles. The molecule has 0 N–H and O–H groups in total. The first kappa shape index (κ1) is 17.6. The molecular weight excluding hydrogens is 328 g/mol. The van der Waals surface area contributed by atoms with Crippen LogP contribution < -0.4 is 4.90 Å². The standard InChI is InChI=1S/C16H26N4O3S/c1-13-11-19(12-14(2)23-13)16-5-4-15(10-17-16)24(21,22)20-8-6-18(3)7-9-20/h4-5,10,13-14H,6-9,11-12H2,1-3H3/t13-,14+. The van der Waals surface area contributed by atoms with Crippen LogP contribution in [0, 0.1) is 0 Å². The lowest BCUT2D eigenvalue weighted by molar-refractivity contribution is -0.00546. The molecular formula is C16H26N4O3S. The molecule has 24 heavy (non-hydrogen) atoms. The second-order valence-electron chi connectivity index (χ2n) is 6.72. The molecule has 0 unspecified atom stereocenters. The first-order chi connectivity index (χ1) is 11.4. The van der Waals surface area contributed by atoms with Gasteiger partial charge in [0.2, 0.25) is 10.0 Å². The van der Waals surface area contributed by atoms with Gasteiger partial charge in [-0.1, -0.05) is 0 Å². The van der Waals surface area contributed by atoms with Gasteiger partial charge >= 0.3 is 0 Å². The van der Waals surface area contributed by atoms with Gasteiger partial charge in [0.1, 0.15) is 10.7 Å². The van der Waals surface area contributed by atoms with E-state index < -0.39 is 10.0 Å². The molecule has 2 saturated heterocycles. The molecule has 0 spiro atoms. The van der Waals surface area contributed by atoms with E-state index in [4.69, 9.17) is 4.74 Å². The van der Waals surface area contributed by atoms with Gasteiger partial charge in [-0.25, -0.2) is 13.4 Å². The van der Waals surface area contributed by atoms with Crippen LogP contribution >= 0.6 is 0 Å². The molecule has 0 saturated carbocycles. The Hall–Kier alpha value is -1.22. The maximum Gasteiger partial charge on any atom is 0.244 e. The van der Waals surface area contributed by atoms with Gasteiger partial charge in [0.25, 0.3) is 0 Å². The Morgan fingerprint density at radius 1 is 1.08 bits per heavy atom. The van der Waals surface area contributed by atoms with E-state index in [1.54, 1.807) is 16.4 Å². The summed E-state index contributed by atoms with van der Waals surface area (Å²) < 4.78 is 32.7. The number of morpholine rings is 1. The molecule has 3 heterocycles. The Morgan fingerprint density at radius 2 is 1.71 bits per heavy atom. The normalized spacial score (nSPS) is 27.4. The summed E-state index contributed by atoms with van der Waals surface area (Å²) in [5, 5.41) is 0. The van der Waals surface area contributed by atoms with Gasteiger partial charge in [0.15, 0.2) is 0 Å². The zero-order chi connectivity index (χ0) is 17.3. The highest BCUT2D eigenvalue weighted by Gasteiger charge is 2.28. The molecule has 0 aromatic carbocycles. The minimum absolute atomic E-state index is 0.143. The van der Waals surface area contributed by atoms with Crippen molar-refractivity contribution in [2.45, 2.75) is 31.0 Å². The van der Waals surface area contributed by atoms with Crippen LogP contribution in [0.4, 0.5) is 5.82 Å². The van der Waals surface area contributed by atoms with Crippen LogP contribution in [-0.4, -0.2) is 81.1 Å². The lowest BCUT2D eigenvalue weighted by Crippen LogP contribution is -2.47. The Kier molecular flexibility index (Phi) is 5.10. The van der Waals surface area contributed by atoms with E-state index in [1.165, 1.54) is 6.20 Å². The summed E-state index contributed by atoms with van der Waals surface area (Å²) in [5.74, 6) is 0.800. The number of aromatic nitrogens is 1. The zero-order valence-corrected chi connectivity index (χ0v) is 15.4. The van der Waals surface area contributed by atoms with E-state index >= 15 is 0 Å². The van der Waals surface area contributed by atoms with Crippen LogP contribution in [-0.2, 0) is 14.8 Å². The summed E-state index contributed by atoms with van der Waals surface area (Å²) in [6.45, 7) is 8.17. The summed E-state index contributed by atoms with van der Waals surface area (Å²) >= 11 is 0. The number of hydrogen-bond acceptors (Lipinski definition) is 6. The molecule has 1 aromatic rings. The molecule has 0 aliphatic carbocycles. The second kappa shape index (κ2) is 6.95. The number of piperazine rings is 1. The van der Waals surface area contributed by atoms with Crippen molar-refractivity contribution in [2.75, 3.05) is 51.2 Å². The van der Waals surface area contributed by atoms with Crippen LogP contribution in [0.2, 0.25) is 0 Å². The lowest BCUT2D eigenvalue weighted by atomic mass is 10.2. The number of nitrogens with zero attached hydrogens (tertiary/aromatic N) is 4. The summed E-state index contributed by atoms with van der Waals surface area (Å²) in [7, 11) is -1.45. The topological polar surface area (TPSA) is 66.0 Å². The summed E-state index contributed by atoms with van der Waals surface area (Å²) in [6, 6.07) is 3.47. The molecule has 0 radical (unpaired) electrons. The fourth-order valence-electron chi connectivity index (χ4n) is 3.25. The molecule has 1 aromatic heterocycles. The first-order valence-corrected chi connectivity index (χ1v) is 9.85. The van der Waals surface area contributed by atoms with Crippen molar-refractivity contribution < 1.29 is 13.2 Å². The Morgan fingerprint density at radius 3 is 2.25 bits per heavy atom. The maximum atomic E-state index is 12.7. The fourth-order valence-corrected chi connectivity index (χ4v) is 4.62. The third-order valence-electron chi connectivity index (χ3n) is 4.56. The van der Waals surface area contributed by atoms with Crippen LogP contribution in [0.15, 0.2) is 23.2 Å². The largest absolute Gasteiger partial charge is 0.372 e. The van der Waals surface area contributed by atoms with Crippen molar-refractivity contribution in [2.24, 2.45) is 0 Å². The van der Waals surface area contributed by atoms with E-state index in [2.05, 4.69) is 14.8 Å². The number of ether oxygens (including phenoxy) is 1. The van der Waals surface area contributed by atoms with Crippen molar-refractivity contribution in [3.63, 3.8) is 0 Å². The number of anilines is 1. The van der Waals surface area contributed by atoms with Crippen LogP contribution in [0.1, 0.15) is 13.8 Å². The molecule has 0 amide bonds. The van der Waals surface area contributed by atoms with Gasteiger partial charge in [-0.2, -0.15) is 4.31 Å². The average Bonchev–Trinajstić information content (AvgIpc) is 2.54. The van der Waals surface area contributed by atoms with E-state index in [1.807, 2.05) is 20.9 Å². The molecule has 134 valence electrons. The van der Waals surface area contributed by atoms with Crippen molar-refractivity contribution >= 4 is 15.8 Å². The number of sulfonamides is 1. The molecule has 2 atom stereocenters. The Balaban J connectivity index is 1.74. The number of likely N-dealkylation sites (N-methyl/N-ethyl adjacent to an activating group) is 1. The van der Waals surface area contributed by atoms with Gasteiger partial charge in [-0.3, -0.25) is 0 Å². The SMILES string of the molecule is C[C@@H]1CN(c2ccc(S(=O)(=O)N3CCN(C)CC3)cn2)C[C@H](C)O1. The summed E-state index contributed by atoms with van der Waals surface area (Å²) in [4.78, 5) is 8.95. The highest BCUT2D eigenvalue weighted by molar-refractivity contribution is 7.89. The lowest BCUT2D eigenvalue weighted by Gasteiger charge is -2.36. The number of pyridine rings is 1. The van der Waals surface area contributed by atoms with Crippen LogP contribution in [0.5, 0.6) is 0 Å². The van der Waals surface area contributed by atoms with Crippen molar-refractivity contribution in [1.29, 1.82) is 0 Å². The van der Waals surface area contributed by atoms with E-state index in [0.29, 0.717) is 13.1 Å². The van der Waals surface area contributed by atoms with Gasteiger partial charge in [0.05, 0.1) is 12.2 Å². The minimum atomic E-state index is -3.45. The zero-order valence-electron chi connectivity index (χ0n) is 14.6. The van der Waals surface area contributed by atoms with Gasteiger partial charge in [0, 0.05) is 45.5 Å². The van der Waals surface area contributed by atoms with Crippen molar-refractivity contribution in [3.05, 3.63) is 18.3 Å². The smallest absolute Gasteiger partial charge is 0.244 e. The summed E-state index contributed by atoms with van der Waals surface area (Å²) in [5.41, 5.74) is 0. The highest BCUT2D eigenvalue weighted by Crippen LogP contribution is 2.22. The molecule has 3 rings (SSSR count). The highest BCUT2D eigenvalue weighted by atomic mass is 32.2. The van der Waals surface area contributed by atoms with Crippen molar-refractivity contribution in [3.8, 4) is 0 Å². The molecule has 2 aliphatic rings. The fraction of sp³-hybridized carbons (Fsp3) is 0.688. The van der Waals surface area contributed by atoms with E-state index in [9.17, 15) is 8.42 Å². The Bertz CT molecular complexity index is 646. The minimum Gasteiger partial charge on any atom is -0.372 e. The van der Waals surface area contributed by atoms with Crippen LogP contribution in [0.3, 0.4) is 0 Å². The molecule has 0 bridgehead atoms. The Labute approximate surface area is 144 Å². The monoisotopic (exact) mass is 354 g/mol. The van der Waals surface area contributed by atoms with E-state index in [0.717, 1.165) is 32.0 Å². The van der Waals surface area contributed by atoms with Crippen LogP contribution in [0.25, 0.3) is 0 Å². The van der Waals surface area contributed by atoms with Gasteiger partial charge in [-0.15, -0.1) is 0 Å². The second-order valence-corrected chi connectivity index (χ2v) is 8.66. The predicted molar refractivity (Wildman–Crippen MR) is 92.7 cm³/mol. The third kappa shape index (κ3) is 3.72. The summed E-state index contributed by atoms with van der Waals surface area (Å²) in [6.07, 6.45) is 1.77. The molecule has 8 heteroatoms. The third-order valence-corrected chi connectivity index (χ3v) is 6.45. The average molecular weight is 354 g/mol. The number of rotatable bonds is 3. The quantitative estimate of drug-likeness (QED) is 0.793. The number of hydrogen-bond donors (Lipinski definition) is 0.